The third-order valence-corrected chi connectivity index (χ3v) is 4.50. The number of thiophene rings is 1. The summed E-state index contributed by atoms with van der Waals surface area (Å²) >= 11 is 4.69. The molecule has 19 heavy (non-hydrogen) atoms. The fourth-order valence-electron chi connectivity index (χ4n) is 1.73. The van der Waals surface area contributed by atoms with Crippen LogP contribution in [-0.4, -0.2) is 17.9 Å². The van der Waals surface area contributed by atoms with Crippen LogP contribution in [0.4, 0.5) is 4.39 Å². The van der Waals surface area contributed by atoms with Gasteiger partial charge in [-0.15, -0.1) is 11.3 Å². The van der Waals surface area contributed by atoms with Crippen LogP contribution in [0.5, 0.6) is 0 Å². The van der Waals surface area contributed by atoms with Gasteiger partial charge in [0, 0.05) is 11.9 Å². The van der Waals surface area contributed by atoms with Crippen molar-refractivity contribution in [2.24, 2.45) is 0 Å². The molecule has 1 aromatic heterocycles. The molecule has 2 rings (SSSR count). The fourth-order valence-corrected chi connectivity index (χ4v) is 3.05. The van der Waals surface area contributed by atoms with Crippen molar-refractivity contribution >= 4 is 33.2 Å². The van der Waals surface area contributed by atoms with Crippen molar-refractivity contribution in [3.63, 3.8) is 0 Å². The molecule has 0 unspecified atom stereocenters. The van der Waals surface area contributed by atoms with Gasteiger partial charge in [0.15, 0.2) is 0 Å². The summed E-state index contributed by atoms with van der Waals surface area (Å²) in [7, 11) is 1.68. The van der Waals surface area contributed by atoms with Gasteiger partial charge in [0.1, 0.15) is 5.82 Å². The first kappa shape index (κ1) is 14.2. The number of halogens is 2. The summed E-state index contributed by atoms with van der Waals surface area (Å²) in [5.74, 6) is -0.825. The second-order valence-corrected chi connectivity index (χ2v) is 6.14. The van der Waals surface area contributed by atoms with Gasteiger partial charge >= 0.3 is 0 Å². The quantitative estimate of drug-likeness (QED) is 0.817. The highest BCUT2D eigenvalue weighted by Crippen LogP contribution is 2.22. The molecule has 0 saturated carbocycles. The Labute approximate surface area is 124 Å². The molecule has 0 radical (unpaired) electrons. The zero-order chi connectivity index (χ0) is 14.0. The normalized spacial score (nSPS) is 10.5. The number of hydrogen-bond acceptors (Lipinski definition) is 2. The van der Waals surface area contributed by atoms with Gasteiger partial charge in [-0.3, -0.25) is 4.79 Å². The molecule has 0 atom stereocenters. The first-order valence-corrected chi connectivity index (χ1v) is 7.40. The monoisotopic (exact) mass is 341 g/mol. The molecule has 0 spiro atoms. The number of amides is 1. The van der Waals surface area contributed by atoms with Gasteiger partial charge in [0.05, 0.1) is 16.6 Å². The lowest BCUT2D eigenvalue weighted by Gasteiger charge is -2.17. The van der Waals surface area contributed by atoms with Gasteiger partial charge in [-0.05, 0) is 52.0 Å². The van der Waals surface area contributed by atoms with Crippen molar-refractivity contribution in [2.45, 2.75) is 13.5 Å². The average molecular weight is 342 g/mol. The van der Waals surface area contributed by atoms with Crippen LogP contribution in [0, 0.1) is 12.7 Å². The zero-order valence-electron chi connectivity index (χ0n) is 10.6. The van der Waals surface area contributed by atoms with Crippen LogP contribution in [-0.2, 0) is 6.54 Å². The van der Waals surface area contributed by atoms with Crippen LogP contribution in [0.3, 0.4) is 0 Å². The topological polar surface area (TPSA) is 20.3 Å². The van der Waals surface area contributed by atoms with Crippen molar-refractivity contribution < 1.29 is 9.18 Å². The minimum absolute atomic E-state index is 0.0890. The Morgan fingerprint density at radius 2 is 2.16 bits per heavy atom. The summed E-state index contributed by atoms with van der Waals surface area (Å²) < 4.78 is 14.2. The van der Waals surface area contributed by atoms with Crippen LogP contribution < -0.4 is 0 Å². The number of carbonyl (C=O) groups excluding carboxylic acids is 1. The molecule has 2 aromatic rings. The van der Waals surface area contributed by atoms with Gasteiger partial charge in [-0.1, -0.05) is 6.07 Å². The predicted octanol–water partition coefficient (Wildman–Crippen LogP) is 4.23. The number of nitrogens with zero attached hydrogens (tertiary/aromatic N) is 1. The van der Waals surface area contributed by atoms with Crippen LogP contribution in [0.15, 0.2) is 34.1 Å². The van der Waals surface area contributed by atoms with Gasteiger partial charge in [-0.25, -0.2) is 4.39 Å². The second kappa shape index (κ2) is 5.84. The van der Waals surface area contributed by atoms with Crippen LogP contribution in [0.2, 0.25) is 0 Å². The lowest BCUT2D eigenvalue weighted by atomic mass is 10.2. The Hall–Kier alpha value is -1.20. The van der Waals surface area contributed by atoms with E-state index < -0.39 is 5.82 Å². The molecule has 0 saturated heterocycles. The summed E-state index contributed by atoms with van der Waals surface area (Å²) in [6.45, 7) is 2.50. The zero-order valence-corrected chi connectivity index (χ0v) is 13.0. The lowest BCUT2D eigenvalue weighted by molar-refractivity contribution is 0.0781. The summed E-state index contributed by atoms with van der Waals surface area (Å²) in [5.41, 5.74) is 1.24. The van der Waals surface area contributed by atoms with E-state index in [1.165, 1.54) is 11.0 Å². The van der Waals surface area contributed by atoms with E-state index in [0.717, 1.165) is 10.4 Å². The molecule has 0 N–H and O–H groups in total. The van der Waals surface area contributed by atoms with E-state index >= 15 is 0 Å². The molecular weight excluding hydrogens is 329 g/mol. The summed E-state index contributed by atoms with van der Waals surface area (Å²) in [4.78, 5) is 14.9. The highest BCUT2D eigenvalue weighted by Gasteiger charge is 2.18. The molecule has 0 bridgehead atoms. The SMILES string of the molecule is Cc1ccsc1CN(C)C(=O)c1cccc(Br)c1F. The van der Waals surface area contributed by atoms with Crippen molar-refractivity contribution in [3.8, 4) is 0 Å². The van der Waals surface area contributed by atoms with Gasteiger partial charge in [-0.2, -0.15) is 0 Å². The average Bonchev–Trinajstić information content (AvgIpc) is 2.77. The maximum Gasteiger partial charge on any atom is 0.256 e. The first-order valence-electron chi connectivity index (χ1n) is 5.73. The van der Waals surface area contributed by atoms with E-state index in [4.69, 9.17) is 0 Å². The molecule has 1 heterocycles. The van der Waals surface area contributed by atoms with E-state index in [1.807, 2.05) is 18.4 Å². The molecule has 100 valence electrons. The van der Waals surface area contributed by atoms with E-state index in [9.17, 15) is 9.18 Å². The Bertz CT molecular complexity index is 611. The maximum absolute atomic E-state index is 13.9. The van der Waals surface area contributed by atoms with Crippen LogP contribution >= 0.6 is 27.3 Å². The molecular formula is C14H13BrFNOS. The molecule has 5 heteroatoms. The third kappa shape index (κ3) is 3.04. The molecule has 0 aliphatic heterocycles. The Morgan fingerprint density at radius 1 is 1.42 bits per heavy atom. The number of rotatable bonds is 3. The van der Waals surface area contributed by atoms with E-state index in [0.29, 0.717) is 11.0 Å². The predicted molar refractivity (Wildman–Crippen MR) is 79.0 cm³/mol. The number of aryl methyl sites for hydroxylation is 1. The molecule has 0 aliphatic carbocycles. The Morgan fingerprint density at radius 3 is 2.79 bits per heavy atom. The molecule has 1 aromatic carbocycles. The summed E-state index contributed by atoms with van der Waals surface area (Å²) in [6, 6.07) is 6.75. The first-order chi connectivity index (χ1) is 9.00. The van der Waals surface area contributed by atoms with E-state index in [2.05, 4.69) is 15.9 Å². The highest BCUT2D eigenvalue weighted by atomic mass is 79.9. The number of carbonyl (C=O) groups is 1. The summed E-state index contributed by atoms with van der Waals surface area (Å²) in [6.07, 6.45) is 0. The van der Waals surface area contributed by atoms with E-state index in [1.54, 1.807) is 30.5 Å². The highest BCUT2D eigenvalue weighted by molar-refractivity contribution is 9.10. The van der Waals surface area contributed by atoms with Gasteiger partial charge in [0.25, 0.3) is 5.91 Å². The number of hydrogen-bond donors (Lipinski definition) is 0. The van der Waals surface area contributed by atoms with Crippen molar-refractivity contribution in [2.75, 3.05) is 7.05 Å². The fraction of sp³-hybridized carbons (Fsp3) is 0.214. The van der Waals surface area contributed by atoms with Gasteiger partial charge < -0.3 is 4.90 Å². The molecule has 0 fully saturated rings. The van der Waals surface area contributed by atoms with Crippen LogP contribution in [0.1, 0.15) is 20.8 Å². The second-order valence-electron chi connectivity index (χ2n) is 4.29. The molecule has 0 aliphatic rings. The molecule has 2 nitrogen and oxygen atoms in total. The number of benzene rings is 1. The Balaban J connectivity index is 2.20. The minimum atomic E-state index is -0.512. The standard InChI is InChI=1S/C14H13BrFNOS/c1-9-6-7-19-12(9)8-17(2)14(18)10-4-3-5-11(15)13(10)16/h3-7H,8H2,1-2H3. The Kier molecular flexibility index (Phi) is 4.37. The smallest absolute Gasteiger partial charge is 0.256 e. The minimum Gasteiger partial charge on any atom is -0.336 e. The van der Waals surface area contributed by atoms with Gasteiger partial charge in [0.2, 0.25) is 0 Å². The van der Waals surface area contributed by atoms with Crippen LogP contribution in [0.25, 0.3) is 0 Å². The van der Waals surface area contributed by atoms with Crippen molar-refractivity contribution in [1.82, 2.24) is 4.90 Å². The van der Waals surface area contributed by atoms with Crippen molar-refractivity contribution in [3.05, 3.63) is 55.9 Å². The molecule has 1 amide bonds. The summed E-state index contributed by atoms with van der Waals surface area (Å²) in [5, 5.41) is 1.99. The maximum atomic E-state index is 13.9. The van der Waals surface area contributed by atoms with Crippen molar-refractivity contribution in [1.29, 1.82) is 0 Å². The lowest BCUT2D eigenvalue weighted by Crippen LogP contribution is -2.27. The third-order valence-electron chi connectivity index (χ3n) is 2.88. The van der Waals surface area contributed by atoms with E-state index in [-0.39, 0.29) is 11.5 Å². The largest absolute Gasteiger partial charge is 0.336 e.